The fourth-order valence-corrected chi connectivity index (χ4v) is 2.87. The number of hydrogen-bond donors (Lipinski definition) is 0. The molecule has 1 unspecified atom stereocenters. The van der Waals surface area contributed by atoms with Gasteiger partial charge in [0.05, 0.1) is 11.5 Å². The van der Waals surface area contributed by atoms with Crippen LogP contribution in [0.2, 0.25) is 0 Å². The first kappa shape index (κ1) is 16.3. The van der Waals surface area contributed by atoms with Gasteiger partial charge in [0.2, 0.25) is 6.43 Å². The smallest absolute Gasteiger partial charge is 0.338 e. The van der Waals surface area contributed by atoms with Gasteiger partial charge in [0.15, 0.2) is 12.1 Å². The number of halogens is 2. The quantitative estimate of drug-likeness (QED) is 0.795. The zero-order valence-corrected chi connectivity index (χ0v) is 12.8. The molecule has 0 radical (unpaired) electrons. The summed E-state index contributed by atoms with van der Waals surface area (Å²) < 4.78 is 48.3. The second-order valence-electron chi connectivity index (χ2n) is 6.02. The molecular weight excluding hydrogens is 310 g/mol. The molecule has 0 amide bonds. The maximum Gasteiger partial charge on any atom is 0.338 e. The number of benzene rings is 1. The number of ether oxygens (including phenoxy) is 4. The lowest BCUT2D eigenvalue weighted by Crippen LogP contribution is -2.37. The third-order valence-corrected chi connectivity index (χ3v) is 3.88. The summed E-state index contributed by atoms with van der Waals surface area (Å²) in [6.07, 6.45) is -5.37. The molecule has 0 saturated carbocycles. The van der Waals surface area contributed by atoms with Crippen molar-refractivity contribution in [2.75, 3.05) is 6.61 Å². The second kappa shape index (κ2) is 6.14. The Morgan fingerprint density at radius 3 is 2.61 bits per heavy atom. The van der Waals surface area contributed by atoms with Crippen LogP contribution in [0.25, 0.3) is 0 Å². The predicted molar refractivity (Wildman–Crippen MR) is 74.9 cm³/mol. The van der Waals surface area contributed by atoms with Crippen LogP contribution in [-0.4, -0.2) is 43.3 Å². The Hall–Kier alpha value is -1.57. The van der Waals surface area contributed by atoms with E-state index in [4.69, 9.17) is 18.9 Å². The molecule has 2 fully saturated rings. The highest BCUT2D eigenvalue weighted by Gasteiger charge is 2.57. The summed E-state index contributed by atoms with van der Waals surface area (Å²) >= 11 is 0. The number of fused-ring (bicyclic) bond motifs is 1. The topological polar surface area (TPSA) is 54.0 Å². The van der Waals surface area contributed by atoms with Crippen LogP contribution in [-0.2, 0) is 18.9 Å². The molecule has 1 aromatic carbocycles. The molecular formula is C16H18F2O5. The predicted octanol–water partition coefficient (Wildman–Crippen LogP) is 2.60. The number of esters is 1. The number of carbonyl (C=O) groups is 1. The van der Waals surface area contributed by atoms with Crippen molar-refractivity contribution in [2.45, 2.75) is 44.6 Å². The van der Waals surface area contributed by atoms with Gasteiger partial charge in [0, 0.05) is 0 Å². The molecule has 0 bridgehead atoms. The Morgan fingerprint density at radius 1 is 1.26 bits per heavy atom. The van der Waals surface area contributed by atoms with Gasteiger partial charge < -0.3 is 18.9 Å². The van der Waals surface area contributed by atoms with E-state index < -0.39 is 42.6 Å². The summed E-state index contributed by atoms with van der Waals surface area (Å²) in [7, 11) is 0. The first-order valence-electron chi connectivity index (χ1n) is 7.39. The van der Waals surface area contributed by atoms with Gasteiger partial charge in [-0.1, -0.05) is 18.2 Å². The molecule has 0 aromatic heterocycles. The fourth-order valence-electron chi connectivity index (χ4n) is 2.87. The summed E-state index contributed by atoms with van der Waals surface area (Å²) in [5, 5.41) is 0. The summed E-state index contributed by atoms with van der Waals surface area (Å²) in [4.78, 5) is 11.9. The van der Waals surface area contributed by atoms with Gasteiger partial charge in [-0.25, -0.2) is 13.6 Å². The monoisotopic (exact) mass is 328 g/mol. The fraction of sp³-hybridized carbons (Fsp3) is 0.562. The average Bonchev–Trinajstić information content (AvgIpc) is 2.96. The Bertz CT molecular complexity index is 563. The molecule has 2 aliphatic rings. The number of carbonyl (C=O) groups excluding carboxylic acids is 1. The van der Waals surface area contributed by atoms with E-state index in [2.05, 4.69) is 0 Å². The summed E-state index contributed by atoms with van der Waals surface area (Å²) in [6, 6.07) is 8.33. The van der Waals surface area contributed by atoms with Crippen LogP contribution >= 0.6 is 0 Å². The molecule has 2 saturated heterocycles. The van der Waals surface area contributed by atoms with E-state index in [1.165, 1.54) is 0 Å². The molecule has 4 atom stereocenters. The van der Waals surface area contributed by atoms with Gasteiger partial charge in [0.1, 0.15) is 18.8 Å². The van der Waals surface area contributed by atoms with E-state index in [0.29, 0.717) is 5.56 Å². The van der Waals surface area contributed by atoms with Crippen LogP contribution < -0.4 is 0 Å². The average molecular weight is 328 g/mol. The second-order valence-corrected chi connectivity index (χ2v) is 6.02. The summed E-state index contributed by atoms with van der Waals surface area (Å²) in [6.45, 7) is 3.01. The molecule has 2 heterocycles. The highest BCUT2D eigenvalue weighted by Crippen LogP contribution is 2.43. The molecule has 23 heavy (non-hydrogen) atoms. The first-order valence-corrected chi connectivity index (χ1v) is 7.39. The van der Waals surface area contributed by atoms with Gasteiger partial charge in [-0.2, -0.15) is 0 Å². The number of alkyl halides is 2. The normalized spacial score (nSPS) is 32.0. The van der Waals surface area contributed by atoms with Gasteiger partial charge in [0.25, 0.3) is 0 Å². The number of rotatable bonds is 4. The zero-order chi connectivity index (χ0) is 16.6. The maximum absolute atomic E-state index is 13.4. The highest BCUT2D eigenvalue weighted by atomic mass is 19.3. The molecule has 7 heteroatoms. The van der Waals surface area contributed by atoms with Crippen molar-refractivity contribution in [3.63, 3.8) is 0 Å². The van der Waals surface area contributed by atoms with Gasteiger partial charge in [-0.05, 0) is 26.0 Å². The van der Waals surface area contributed by atoms with Crippen LogP contribution in [0.3, 0.4) is 0 Å². The number of hydrogen-bond acceptors (Lipinski definition) is 5. The molecule has 5 nitrogen and oxygen atoms in total. The SMILES string of the molecule is CC1(C)O[C@H]2O[C@H](COC(=O)c3ccccc3)C(C(F)F)[C@H]2O1. The Kier molecular flexibility index (Phi) is 4.35. The van der Waals surface area contributed by atoms with E-state index in [1.54, 1.807) is 44.2 Å². The lowest BCUT2D eigenvalue weighted by Gasteiger charge is -2.25. The van der Waals surface area contributed by atoms with Crippen molar-refractivity contribution in [3.8, 4) is 0 Å². The minimum atomic E-state index is -2.66. The van der Waals surface area contributed by atoms with Crippen molar-refractivity contribution in [1.82, 2.24) is 0 Å². The molecule has 3 rings (SSSR count). The van der Waals surface area contributed by atoms with Crippen LogP contribution in [0.5, 0.6) is 0 Å². The van der Waals surface area contributed by atoms with E-state index in [1.807, 2.05) is 0 Å². The van der Waals surface area contributed by atoms with Crippen molar-refractivity contribution in [2.24, 2.45) is 5.92 Å². The van der Waals surface area contributed by atoms with Gasteiger partial charge in [-0.15, -0.1) is 0 Å². The highest BCUT2D eigenvalue weighted by molar-refractivity contribution is 5.89. The van der Waals surface area contributed by atoms with Crippen LogP contribution in [0.15, 0.2) is 30.3 Å². The van der Waals surface area contributed by atoms with E-state index in [9.17, 15) is 13.6 Å². The largest absolute Gasteiger partial charge is 0.459 e. The third kappa shape index (κ3) is 3.36. The Balaban J connectivity index is 1.63. The minimum absolute atomic E-state index is 0.275. The lowest BCUT2D eigenvalue weighted by molar-refractivity contribution is -0.218. The van der Waals surface area contributed by atoms with E-state index in [0.717, 1.165) is 0 Å². The molecule has 0 aliphatic carbocycles. The Labute approximate surface area is 132 Å². The molecule has 126 valence electrons. The molecule has 0 N–H and O–H groups in total. The zero-order valence-electron chi connectivity index (χ0n) is 12.8. The van der Waals surface area contributed by atoms with E-state index in [-0.39, 0.29) is 6.61 Å². The molecule has 0 spiro atoms. The van der Waals surface area contributed by atoms with Crippen molar-refractivity contribution in [3.05, 3.63) is 35.9 Å². The van der Waals surface area contributed by atoms with Crippen LogP contribution in [0, 0.1) is 5.92 Å². The minimum Gasteiger partial charge on any atom is -0.459 e. The maximum atomic E-state index is 13.4. The first-order chi connectivity index (χ1) is 10.9. The van der Waals surface area contributed by atoms with Crippen LogP contribution in [0.4, 0.5) is 8.78 Å². The van der Waals surface area contributed by atoms with Crippen molar-refractivity contribution < 1.29 is 32.5 Å². The molecule has 1 aromatic rings. The third-order valence-electron chi connectivity index (χ3n) is 3.88. The van der Waals surface area contributed by atoms with Gasteiger partial charge >= 0.3 is 5.97 Å². The van der Waals surface area contributed by atoms with E-state index >= 15 is 0 Å². The summed E-state index contributed by atoms with van der Waals surface area (Å²) in [5.41, 5.74) is 0.355. The summed E-state index contributed by atoms with van der Waals surface area (Å²) in [5.74, 6) is -2.75. The van der Waals surface area contributed by atoms with Crippen LogP contribution in [0.1, 0.15) is 24.2 Å². The molecule has 2 aliphatic heterocycles. The van der Waals surface area contributed by atoms with Gasteiger partial charge in [-0.3, -0.25) is 0 Å². The lowest BCUT2D eigenvalue weighted by atomic mass is 9.99. The Morgan fingerprint density at radius 2 is 1.96 bits per heavy atom. The van der Waals surface area contributed by atoms with Crippen molar-refractivity contribution >= 4 is 5.97 Å². The standard InChI is InChI=1S/C16H18F2O5/c1-16(2)22-12-11(13(17)18)10(21-15(12)23-16)8-20-14(19)9-6-4-3-5-7-9/h3-7,10-13,15H,8H2,1-2H3/t10-,11?,12-,15-/m1/s1. The van der Waals surface area contributed by atoms with Crippen molar-refractivity contribution in [1.29, 1.82) is 0 Å².